The van der Waals surface area contributed by atoms with Crippen LogP contribution < -0.4 is 15.5 Å². The maximum Gasteiger partial charge on any atom is 0.225 e. The first-order valence-corrected chi connectivity index (χ1v) is 11.6. The van der Waals surface area contributed by atoms with E-state index in [0.29, 0.717) is 11.8 Å². The van der Waals surface area contributed by atoms with Gasteiger partial charge < -0.3 is 20.4 Å². The summed E-state index contributed by atoms with van der Waals surface area (Å²) < 4.78 is 1.94. The van der Waals surface area contributed by atoms with Crippen LogP contribution in [-0.4, -0.2) is 71.2 Å². The summed E-state index contributed by atoms with van der Waals surface area (Å²) in [4.78, 5) is 21.3. The minimum atomic E-state index is 0.297. The predicted molar refractivity (Wildman–Crippen MR) is 127 cm³/mol. The van der Waals surface area contributed by atoms with E-state index in [1.165, 1.54) is 5.69 Å². The monoisotopic (exact) mass is 433 g/mol. The normalized spacial score (nSPS) is 16.5. The minimum absolute atomic E-state index is 0.297. The lowest BCUT2D eigenvalue weighted by Crippen LogP contribution is -2.49. The second-order valence-corrected chi connectivity index (χ2v) is 8.57. The Labute approximate surface area is 188 Å². The zero-order valence-corrected chi connectivity index (χ0v) is 18.6. The number of fused-ring (bicyclic) bond motifs is 1. The predicted octanol–water partition coefficient (Wildman–Crippen LogP) is 2.48. The van der Waals surface area contributed by atoms with Crippen molar-refractivity contribution in [2.45, 2.75) is 19.8 Å². The van der Waals surface area contributed by atoms with Crippen LogP contribution in [0.15, 0.2) is 42.9 Å². The van der Waals surface area contributed by atoms with Gasteiger partial charge >= 0.3 is 0 Å². The second-order valence-electron chi connectivity index (χ2n) is 8.57. The van der Waals surface area contributed by atoms with Crippen LogP contribution >= 0.6 is 0 Å². The zero-order chi connectivity index (χ0) is 21.9. The van der Waals surface area contributed by atoms with Gasteiger partial charge in [0.05, 0.1) is 11.2 Å². The topological polar surface area (TPSA) is 77.8 Å². The van der Waals surface area contributed by atoms with Crippen molar-refractivity contribution >= 4 is 22.9 Å². The number of likely N-dealkylation sites (N-methyl/N-ethyl adjacent to an activating group) is 1. The standard InChI is InChI=1S/C24H31N7O/c1-2-25-9-10-26-23-6-5-19(16-27-23)20-15-22-21(7-8-28-31(22)17-20)29-11-13-30(14-12-29)24(32)18-3-4-18/h5-8,15-18,25H,2-4,9-14H2,1H3,(H,26,27). The number of aromatic nitrogens is 3. The van der Waals surface area contributed by atoms with Crippen molar-refractivity contribution < 1.29 is 4.79 Å². The highest BCUT2D eigenvalue weighted by molar-refractivity contribution is 5.82. The lowest BCUT2D eigenvalue weighted by atomic mass is 10.1. The van der Waals surface area contributed by atoms with Gasteiger partial charge in [-0.3, -0.25) is 4.79 Å². The average Bonchev–Trinajstić information content (AvgIpc) is 3.60. The van der Waals surface area contributed by atoms with Crippen LogP contribution in [0.25, 0.3) is 16.6 Å². The molecule has 1 amide bonds. The van der Waals surface area contributed by atoms with E-state index in [1.54, 1.807) is 0 Å². The number of anilines is 2. The summed E-state index contributed by atoms with van der Waals surface area (Å²) in [5.74, 6) is 1.53. The van der Waals surface area contributed by atoms with Gasteiger partial charge in [-0.25, -0.2) is 9.50 Å². The van der Waals surface area contributed by atoms with Gasteiger partial charge in [-0.1, -0.05) is 6.92 Å². The molecule has 1 saturated heterocycles. The Balaban J connectivity index is 1.29. The number of nitrogens with one attached hydrogen (secondary N) is 2. The lowest BCUT2D eigenvalue weighted by Gasteiger charge is -2.36. The smallest absolute Gasteiger partial charge is 0.225 e. The van der Waals surface area contributed by atoms with E-state index in [-0.39, 0.29) is 0 Å². The SMILES string of the molecule is CCNCCNc1ccc(-c2cc3c(N4CCN(C(=O)C5CC5)CC4)ccnn3c2)cn1. The molecule has 0 atom stereocenters. The Morgan fingerprint density at radius 3 is 2.66 bits per heavy atom. The van der Waals surface area contributed by atoms with Crippen molar-refractivity contribution in [3.63, 3.8) is 0 Å². The van der Waals surface area contributed by atoms with Gasteiger partial charge in [0.15, 0.2) is 0 Å². The fourth-order valence-electron chi connectivity index (χ4n) is 4.31. The molecule has 0 unspecified atom stereocenters. The van der Waals surface area contributed by atoms with Crippen LogP contribution in [-0.2, 0) is 4.79 Å². The molecule has 4 heterocycles. The van der Waals surface area contributed by atoms with E-state index < -0.39 is 0 Å². The van der Waals surface area contributed by atoms with Crippen molar-refractivity contribution in [2.75, 3.05) is 56.0 Å². The van der Waals surface area contributed by atoms with Crippen LogP contribution in [0.2, 0.25) is 0 Å². The number of rotatable bonds is 8. The fraction of sp³-hybridized carbons (Fsp3) is 0.458. The number of nitrogens with zero attached hydrogens (tertiary/aromatic N) is 5. The summed E-state index contributed by atoms with van der Waals surface area (Å²) in [5.41, 5.74) is 4.41. The molecule has 2 fully saturated rings. The van der Waals surface area contributed by atoms with Crippen molar-refractivity contribution in [3.8, 4) is 11.1 Å². The second kappa shape index (κ2) is 9.16. The van der Waals surface area contributed by atoms with E-state index in [2.05, 4.69) is 56.9 Å². The molecule has 2 N–H and O–H groups in total. The van der Waals surface area contributed by atoms with E-state index >= 15 is 0 Å². The summed E-state index contributed by atoms with van der Waals surface area (Å²) in [5, 5.41) is 11.1. The third-order valence-corrected chi connectivity index (χ3v) is 6.30. The first kappa shape index (κ1) is 20.8. The van der Waals surface area contributed by atoms with Gasteiger partial charge in [-0.15, -0.1) is 0 Å². The Morgan fingerprint density at radius 2 is 1.94 bits per heavy atom. The molecule has 32 heavy (non-hydrogen) atoms. The number of hydrogen-bond donors (Lipinski definition) is 2. The molecule has 3 aromatic rings. The van der Waals surface area contributed by atoms with Crippen LogP contribution in [0.5, 0.6) is 0 Å². The third kappa shape index (κ3) is 4.41. The van der Waals surface area contributed by atoms with Crippen LogP contribution in [0.4, 0.5) is 11.5 Å². The van der Waals surface area contributed by atoms with Crippen molar-refractivity contribution in [1.29, 1.82) is 0 Å². The Morgan fingerprint density at radius 1 is 1.09 bits per heavy atom. The summed E-state index contributed by atoms with van der Waals surface area (Å²) >= 11 is 0. The molecule has 168 valence electrons. The highest BCUT2D eigenvalue weighted by Gasteiger charge is 2.34. The molecule has 0 radical (unpaired) electrons. The minimum Gasteiger partial charge on any atom is -0.369 e. The Hall–Kier alpha value is -3.13. The molecular formula is C24H31N7O. The van der Waals surface area contributed by atoms with Crippen molar-refractivity contribution in [1.82, 2.24) is 24.8 Å². The summed E-state index contributed by atoms with van der Waals surface area (Å²) in [6.07, 6.45) is 7.95. The molecule has 8 heteroatoms. The Bertz CT molecular complexity index is 1070. The quantitative estimate of drug-likeness (QED) is 0.532. The van der Waals surface area contributed by atoms with Crippen LogP contribution in [0.1, 0.15) is 19.8 Å². The number of carbonyl (C=O) groups is 1. The molecule has 8 nitrogen and oxygen atoms in total. The molecule has 0 spiro atoms. The van der Waals surface area contributed by atoms with Gasteiger partial charge in [0, 0.05) is 74.9 Å². The van der Waals surface area contributed by atoms with Gasteiger partial charge in [-0.2, -0.15) is 5.10 Å². The third-order valence-electron chi connectivity index (χ3n) is 6.30. The summed E-state index contributed by atoms with van der Waals surface area (Å²) in [6.45, 7) is 8.14. The average molecular weight is 434 g/mol. The first-order chi connectivity index (χ1) is 15.7. The van der Waals surface area contributed by atoms with Crippen molar-refractivity contribution in [2.24, 2.45) is 5.92 Å². The maximum absolute atomic E-state index is 12.4. The van der Waals surface area contributed by atoms with Gasteiger partial charge in [-0.05, 0) is 43.7 Å². The number of hydrogen-bond acceptors (Lipinski definition) is 6. The lowest BCUT2D eigenvalue weighted by molar-refractivity contribution is -0.132. The number of carbonyl (C=O) groups excluding carboxylic acids is 1. The van der Waals surface area contributed by atoms with Gasteiger partial charge in [0.2, 0.25) is 5.91 Å². The van der Waals surface area contributed by atoms with Gasteiger partial charge in [0.25, 0.3) is 0 Å². The first-order valence-electron chi connectivity index (χ1n) is 11.6. The van der Waals surface area contributed by atoms with E-state index in [0.717, 1.165) is 81.1 Å². The number of piperazine rings is 1. The summed E-state index contributed by atoms with van der Waals surface area (Å²) in [7, 11) is 0. The van der Waals surface area contributed by atoms with E-state index in [4.69, 9.17) is 0 Å². The summed E-state index contributed by atoms with van der Waals surface area (Å²) in [6, 6.07) is 8.37. The van der Waals surface area contributed by atoms with Crippen LogP contribution in [0, 0.1) is 5.92 Å². The van der Waals surface area contributed by atoms with Gasteiger partial charge in [0.1, 0.15) is 5.82 Å². The molecule has 1 saturated carbocycles. The molecule has 0 aromatic carbocycles. The zero-order valence-electron chi connectivity index (χ0n) is 18.6. The number of amides is 1. The highest BCUT2D eigenvalue weighted by atomic mass is 16.2. The number of pyridine rings is 1. The van der Waals surface area contributed by atoms with E-state index in [9.17, 15) is 4.79 Å². The molecule has 3 aromatic heterocycles. The molecule has 2 aliphatic rings. The Kier molecular flexibility index (Phi) is 5.94. The van der Waals surface area contributed by atoms with Crippen molar-refractivity contribution in [3.05, 3.63) is 42.9 Å². The fourth-order valence-corrected chi connectivity index (χ4v) is 4.31. The molecular weight excluding hydrogens is 402 g/mol. The van der Waals surface area contributed by atoms with E-state index in [1.807, 2.05) is 27.9 Å². The molecule has 1 aliphatic heterocycles. The largest absolute Gasteiger partial charge is 0.369 e. The molecule has 5 rings (SSSR count). The molecule has 1 aliphatic carbocycles. The molecule has 0 bridgehead atoms. The maximum atomic E-state index is 12.4. The highest BCUT2D eigenvalue weighted by Crippen LogP contribution is 2.32. The van der Waals surface area contributed by atoms with Crippen LogP contribution in [0.3, 0.4) is 0 Å².